The van der Waals surface area contributed by atoms with Gasteiger partial charge in [0, 0.05) is 21.8 Å². The van der Waals surface area contributed by atoms with Crippen LogP contribution in [0.2, 0.25) is 0 Å². The Morgan fingerprint density at radius 3 is 2.57 bits per heavy atom. The predicted octanol–water partition coefficient (Wildman–Crippen LogP) is 3.31. The smallest absolute Gasteiger partial charge is 0.244 e. The molecule has 1 spiro atoms. The summed E-state index contributed by atoms with van der Waals surface area (Å²) in [6.45, 7) is 1.72. The zero-order valence-corrected chi connectivity index (χ0v) is 22.4. The van der Waals surface area contributed by atoms with Gasteiger partial charge in [-0.15, -0.1) is 11.8 Å². The molecule has 3 saturated heterocycles. The molecule has 0 aromatic heterocycles. The van der Waals surface area contributed by atoms with Crippen molar-refractivity contribution in [1.82, 2.24) is 10.2 Å². The van der Waals surface area contributed by atoms with Crippen LogP contribution in [0.15, 0.2) is 30.3 Å². The Morgan fingerprint density at radius 2 is 1.91 bits per heavy atom. The molecule has 190 valence electrons. The standard InChI is InChI=1S/C26H34BrN3O4S/c1-2-17(14-31)30-22(24(33)29-16-11-7-4-8-12-16)26-13-18(27)21(35-26)19(20(26)25(30)34)23(32)28-15-9-5-3-6-10-15/h3,5-6,9-10,16-22,31H,2,4,7-8,11-14H2,1H3,(H,28,32)(H,29,33)/t17-,18?,19-,20-,21-,22?,26?/m0/s1. The normalized spacial score (nSPS) is 35.1. The number of aliphatic hydroxyl groups excluding tert-OH is 1. The second kappa shape index (κ2) is 10.1. The van der Waals surface area contributed by atoms with Crippen molar-refractivity contribution < 1.29 is 19.5 Å². The maximum Gasteiger partial charge on any atom is 0.244 e. The Morgan fingerprint density at radius 1 is 1.20 bits per heavy atom. The van der Waals surface area contributed by atoms with Crippen LogP contribution in [0.1, 0.15) is 51.9 Å². The van der Waals surface area contributed by atoms with E-state index in [1.54, 1.807) is 16.7 Å². The third-order valence-electron chi connectivity index (χ3n) is 8.35. The summed E-state index contributed by atoms with van der Waals surface area (Å²) in [5.41, 5.74) is 0.695. The number of hydrogen-bond acceptors (Lipinski definition) is 5. The number of fused-ring (bicyclic) bond motifs is 1. The number of aliphatic hydroxyl groups is 1. The maximum atomic E-state index is 14.0. The molecule has 0 radical (unpaired) electrons. The van der Waals surface area contributed by atoms with Crippen LogP contribution in [0, 0.1) is 11.8 Å². The van der Waals surface area contributed by atoms with Crippen LogP contribution in [-0.2, 0) is 14.4 Å². The minimum absolute atomic E-state index is 0.0298. The molecule has 35 heavy (non-hydrogen) atoms. The van der Waals surface area contributed by atoms with E-state index in [1.165, 1.54) is 6.42 Å². The van der Waals surface area contributed by atoms with E-state index < -0.39 is 28.7 Å². The summed E-state index contributed by atoms with van der Waals surface area (Å²) in [5.74, 6) is -1.60. The van der Waals surface area contributed by atoms with Crippen LogP contribution in [0.4, 0.5) is 5.69 Å². The number of nitrogens with zero attached hydrogens (tertiary/aromatic N) is 1. The van der Waals surface area contributed by atoms with E-state index in [4.69, 9.17) is 0 Å². The number of amides is 3. The van der Waals surface area contributed by atoms with E-state index in [-0.39, 0.29) is 40.4 Å². The number of hydrogen-bond donors (Lipinski definition) is 3. The minimum Gasteiger partial charge on any atom is -0.394 e. The highest BCUT2D eigenvalue weighted by atomic mass is 79.9. The number of para-hydroxylation sites is 1. The van der Waals surface area contributed by atoms with Crippen molar-refractivity contribution in [3.8, 4) is 0 Å². The summed E-state index contributed by atoms with van der Waals surface area (Å²) in [5, 5.41) is 16.3. The van der Waals surface area contributed by atoms with Gasteiger partial charge in [-0.05, 0) is 37.8 Å². The van der Waals surface area contributed by atoms with Crippen LogP contribution in [0.3, 0.4) is 0 Å². The molecule has 4 fully saturated rings. The summed E-state index contributed by atoms with van der Waals surface area (Å²) in [6.07, 6.45) is 6.50. The topological polar surface area (TPSA) is 98.7 Å². The lowest BCUT2D eigenvalue weighted by Gasteiger charge is -2.38. The number of benzene rings is 1. The zero-order chi connectivity index (χ0) is 24.7. The highest BCUT2D eigenvalue weighted by Gasteiger charge is 2.76. The molecule has 1 aromatic carbocycles. The van der Waals surface area contributed by atoms with Crippen molar-refractivity contribution in [3.05, 3.63) is 30.3 Å². The highest BCUT2D eigenvalue weighted by molar-refractivity contribution is 9.09. The van der Waals surface area contributed by atoms with Gasteiger partial charge >= 0.3 is 0 Å². The molecule has 7 atom stereocenters. The van der Waals surface area contributed by atoms with E-state index in [2.05, 4.69) is 26.6 Å². The Hall–Kier alpha value is -1.58. The average molecular weight is 565 g/mol. The third kappa shape index (κ3) is 4.21. The SMILES string of the molecule is CC[C@@H](CO)N1C(=O)[C@@H]2[C@H](C(=O)Nc3ccccc3)[C@H]3SC2(CC3Br)C1C(=O)NC1CCCCC1. The predicted molar refractivity (Wildman–Crippen MR) is 140 cm³/mol. The summed E-state index contributed by atoms with van der Waals surface area (Å²) in [6, 6.07) is 8.27. The van der Waals surface area contributed by atoms with Crippen LogP contribution in [-0.4, -0.2) is 67.3 Å². The fourth-order valence-electron chi connectivity index (χ4n) is 6.75. The highest BCUT2D eigenvalue weighted by Crippen LogP contribution is 2.68. The molecule has 4 aliphatic rings. The molecular weight excluding hydrogens is 530 g/mol. The third-order valence-corrected chi connectivity index (χ3v) is 11.6. The monoisotopic (exact) mass is 563 g/mol. The van der Waals surface area contributed by atoms with Gasteiger partial charge in [0.2, 0.25) is 17.7 Å². The second-order valence-electron chi connectivity index (χ2n) is 10.4. The van der Waals surface area contributed by atoms with Crippen LogP contribution < -0.4 is 10.6 Å². The summed E-state index contributed by atoms with van der Waals surface area (Å²) in [7, 11) is 0. The molecule has 5 rings (SSSR count). The van der Waals surface area contributed by atoms with Gasteiger partial charge in [0.25, 0.3) is 0 Å². The number of halogens is 1. The lowest BCUT2D eigenvalue weighted by atomic mass is 9.70. The molecular formula is C26H34BrN3O4S. The first-order chi connectivity index (χ1) is 16.9. The summed E-state index contributed by atoms with van der Waals surface area (Å²) >= 11 is 5.43. The Balaban J connectivity index is 1.49. The molecule has 9 heteroatoms. The van der Waals surface area contributed by atoms with Gasteiger partial charge in [-0.3, -0.25) is 14.4 Å². The zero-order valence-electron chi connectivity index (χ0n) is 20.0. The van der Waals surface area contributed by atoms with E-state index in [1.807, 2.05) is 37.3 Å². The first-order valence-corrected chi connectivity index (χ1v) is 14.6. The molecule has 2 bridgehead atoms. The number of carbonyl (C=O) groups excluding carboxylic acids is 3. The molecule has 1 saturated carbocycles. The molecule has 3 aliphatic heterocycles. The van der Waals surface area contributed by atoms with Gasteiger partial charge in [0.1, 0.15) is 6.04 Å². The summed E-state index contributed by atoms with van der Waals surface area (Å²) < 4.78 is -0.685. The molecule has 3 N–H and O–H groups in total. The number of carbonyl (C=O) groups is 3. The summed E-state index contributed by atoms with van der Waals surface area (Å²) in [4.78, 5) is 43.2. The number of anilines is 1. The number of likely N-dealkylation sites (tertiary alicyclic amines) is 1. The van der Waals surface area contributed by atoms with Crippen LogP contribution >= 0.6 is 27.7 Å². The Labute approximate surface area is 219 Å². The average Bonchev–Trinajstić information content (AvgIpc) is 3.45. The van der Waals surface area contributed by atoms with Gasteiger partial charge in [0.05, 0.1) is 29.2 Å². The second-order valence-corrected chi connectivity index (χ2v) is 13.1. The fourth-order valence-corrected chi connectivity index (χ4v) is 10.3. The van der Waals surface area contributed by atoms with Crippen molar-refractivity contribution in [1.29, 1.82) is 0 Å². The minimum atomic E-state index is -0.691. The van der Waals surface area contributed by atoms with Crippen molar-refractivity contribution >= 4 is 51.1 Å². The molecule has 3 amide bonds. The first kappa shape index (κ1) is 25.1. The quantitative estimate of drug-likeness (QED) is 0.442. The number of thioether (sulfide) groups is 1. The number of alkyl halides is 1. The fraction of sp³-hybridized carbons (Fsp3) is 0.654. The Kier molecular flexibility index (Phi) is 7.21. The number of nitrogens with one attached hydrogen (secondary N) is 2. The van der Waals surface area contributed by atoms with Gasteiger partial charge in [-0.25, -0.2) is 0 Å². The van der Waals surface area contributed by atoms with Crippen LogP contribution in [0.25, 0.3) is 0 Å². The molecule has 7 nitrogen and oxygen atoms in total. The van der Waals surface area contributed by atoms with Gasteiger partial charge in [-0.1, -0.05) is 60.3 Å². The van der Waals surface area contributed by atoms with Crippen LogP contribution in [0.5, 0.6) is 0 Å². The maximum absolute atomic E-state index is 14.0. The first-order valence-electron chi connectivity index (χ1n) is 12.8. The van der Waals surface area contributed by atoms with Crippen molar-refractivity contribution in [3.63, 3.8) is 0 Å². The largest absolute Gasteiger partial charge is 0.394 e. The number of rotatable bonds is 7. The Bertz CT molecular complexity index is 971. The lowest BCUT2D eigenvalue weighted by Crippen LogP contribution is -2.58. The van der Waals surface area contributed by atoms with Gasteiger partial charge in [0.15, 0.2) is 0 Å². The van der Waals surface area contributed by atoms with Gasteiger partial charge < -0.3 is 20.6 Å². The van der Waals surface area contributed by atoms with Crippen molar-refractivity contribution in [2.75, 3.05) is 11.9 Å². The lowest BCUT2D eigenvalue weighted by molar-refractivity contribution is -0.142. The van der Waals surface area contributed by atoms with Crippen molar-refractivity contribution in [2.24, 2.45) is 11.8 Å². The van der Waals surface area contributed by atoms with Gasteiger partial charge in [-0.2, -0.15) is 0 Å². The molecule has 3 heterocycles. The van der Waals surface area contributed by atoms with E-state index in [0.29, 0.717) is 18.5 Å². The molecule has 1 aliphatic carbocycles. The molecule has 1 aromatic rings. The van der Waals surface area contributed by atoms with Crippen molar-refractivity contribution in [2.45, 2.75) is 84.8 Å². The van der Waals surface area contributed by atoms with E-state index >= 15 is 0 Å². The van der Waals surface area contributed by atoms with E-state index in [9.17, 15) is 19.5 Å². The molecule has 3 unspecified atom stereocenters. The van der Waals surface area contributed by atoms with E-state index in [0.717, 1.165) is 25.7 Å².